The molecule has 0 aromatic heterocycles. The molecule has 36 heavy (non-hydrogen) atoms. The third-order valence-corrected chi connectivity index (χ3v) is 6.11. The van der Waals surface area contributed by atoms with Gasteiger partial charge < -0.3 is 20.1 Å². The van der Waals surface area contributed by atoms with Crippen LogP contribution in [0.5, 0.6) is 0 Å². The van der Waals surface area contributed by atoms with Crippen molar-refractivity contribution >= 4 is 17.8 Å². The third kappa shape index (κ3) is 8.61. The van der Waals surface area contributed by atoms with E-state index >= 15 is 0 Å². The first-order valence-corrected chi connectivity index (χ1v) is 12.2. The molecule has 0 spiro atoms. The fourth-order valence-corrected chi connectivity index (χ4v) is 4.12. The van der Waals surface area contributed by atoms with Gasteiger partial charge in [0, 0.05) is 19.5 Å². The molecule has 7 nitrogen and oxygen atoms in total. The Morgan fingerprint density at radius 2 is 1.69 bits per heavy atom. The number of carbonyl (C=O) groups is 3. The van der Waals surface area contributed by atoms with Crippen LogP contribution in [0.15, 0.2) is 66.7 Å². The molecule has 1 aliphatic rings. The second kappa shape index (κ2) is 14.1. The number of carbonyl (C=O) groups excluding carboxylic acids is 3. The lowest BCUT2D eigenvalue weighted by atomic mass is 9.94. The maximum absolute atomic E-state index is 13.2. The Labute approximate surface area is 210 Å². The number of benzene rings is 2. The first-order chi connectivity index (χ1) is 17.5. The van der Waals surface area contributed by atoms with Crippen molar-refractivity contribution in [3.8, 4) is 0 Å². The molecule has 192 valence electrons. The molecule has 0 radical (unpaired) electrons. The number of aliphatic hydroxyl groups excluding tert-OH is 1. The van der Waals surface area contributed by atoms with Gasteiger partial charge in [-0.1, -0.05) is 54.6 Å². The molecule has 2 amide bonds. The number of nitrogens with zero attached hydrogens (tertiary/aromatic N) is 1. The van der Waals surface area contributed by atoms with Gasteiger partial charge in [-0.05, 0) is 42.5 Å². The van der Waals surface area contributed by atoms with Crippen LogP contribution in [0.25, 0.3) is 0 Å². The summed E-state index contributed by atoms with van der Waals surface area (Å²) >= 11 is 0. The summed E-state index contributed by atoms with van der Waals surface area (Å²) < 4.78 is 18.6. The number of esters is 1. The zero-order chi connectivity index (χ0) is 25.8. The van der Waals surface area contributed by atoms with Crippen LogP contribution < -0.4 is 5.32 Å². The maximum atomic E-state index is 13.2. The Morgan fingerprint density at radius 1 is 1.00 bits per heavy atom. The zero-order valence-electron chi connectivity index (χ0n) is 20.3. The van der Waals surface area contributed by atoms with Crippen LogP contribution in [0.3, 0.4) is 0 Å². The number of allylic oxidation sites excluding steroid dienone is 2. The molecular formula is C28H33FN2O5. The summed E-state index contributed by atoms with van der Waals surface area (Å²) in [7, 11) is 0. The predicted molar refractivity (Wildman–Crippen MR) is 133 cm³/mol. The van der Waals surface area contributed by atoms with E-state index in [4.69, 9.17) is 4.74 Å². The van der Waals surface area contributed by atoms with Crippen LogP contribution in [0.2, 0.25) is 0 Å². The molecule has 8 heteroatoms. The highest BCUT2D eigenvalue weighted by atomic mass is 19.1. The molecule has 3 rings (SSSR count). The molecule has 0 saturated heterocycles. The molecule has 0 bridgehead atoms. The quantitative estimate of drug-likeness (QED) is 0.433. The minimum Gasteiger partial charge on any atom is -0.464 e. The fraction of sp³-hybridized carbons (Fsp3) is 0.393. The van der Waals surface area contributed by atoms with Crippen LogP contribution in [-0.2, 0) is 32.1 Å². The Kier molecular flexibility index (Phi) is 10.6. The second-order valence-corrected chi connectivity index (χ2v) is 8.85. The number of hydrogen-bond acceptors (Lipinski definition) is 5. The number of rotatable bonds is 8. The van der Waals surface area contributed by atoms with Crippen LogP contribution in [0.4, 0.5) is 4.39 Å². The molecule has 2 N–H and O–H groups in total. The van der Waals surface area contributed by atoms with Crippen molar-refractivity contribution in [2.24, 2.45) is 11.8 Å². The monoisotopic (exact) mass is 496 g/mol. The summed E-state index contributed by atoms with van der Waals surface area (Å²) in [4.78, 5) is 40.0. The lowest BCUT2D eigenvalue weighted by Crippen LogP contribution is -2.39. The van der Waals surface area contributed by atoms with Crippen molar-refractivity contribution in [1.82, 2.24) is 10.2 Å². The summed E-state index contributed by atoms with van der Waals surface area (Å²) in [5.41, 5.74) is 1.77. The lowest BCUT2D eigenvalue weighted by Gasteiger charge is -2.24. The molecular weight excluding hydrogens is 463 g/mol. The van der Waals surface area contributed by atoms with E-state index in [2.05, 4.69) is 5.32 Å². The van der Waals surface area contributed by atoms with Gasteiger partial charge in [0.05, 0.1) is 25.0 Å². The summed E-state index contributed by atoms with van der Waals surface area (Å²) in [6.45, 7) is 0.534. The van der Waals surface area contributed by atoms with E-state index < -0.39 is 11.8 Å². The van der Waals surface area contributed by atoms with Gasteiger partial charge in [0.1, 0.15) is 12.4 Å². The molecule has 2 aromatic rings. The molecule has 0 fully saturated rings. The topological polar surface area (TPSA) is 95.9 Å². The fourth-order valence-electron chi connectivity index (χ4n) is 4.12. The van der Waals surface area contributed by atoms with Gasteiger partial charge in [0.15, 0.2) is 0 Å². The highest BCUT2D eigenvalue weighted by molar-refractivity contribution is 5.86. The van der Waals surface area contributed by atoms with Crippen molar-refractivity contribution in [3.63, 3.8) is 0 Å². The summed E-state index contributed by atoms with van der Waals surface area (Å²) in [6.07, 6.45) is 4.81. The van der Waals surface area contributed by atoms with Gasteiger partial charge in [-0.25, -0.2) is 4.39 Å². The van der Waals surface area contributed by atoms with E-state index in [1.807, 2.05) is 42.5 Å². The van der Waals surface area contributed by atoms with Gasteiger partial charge >= 0.3 is 5.97 Å². The van der Waals surface area contributed by atoms with Crippen molar-refractivity contribution in [1.29, 1.82) is 0 Å². The maximum Gasteiger partial charge on any atom is 0.309 e. The third-order valence-electron chi connectivity index (χ3n) is 6.11. The molecule has 1 aliphatic heterocycles. The Balaban J connectivity index is 1.66. The summed E-state index contributed by atoms with van der Waals surface area (Å²) in [5, 5.41) is 12.2. The van der Waals surface area contributed by atoms with Crippen LogP contribution in [0.1, 0.15) is 30.4 Å². The minimum absolute atomic E-state index is 0.00179. The first-order valence-electron chi connectivity index (χ1n) is 12.2. The van der Waals surface area contributed by atoms with Crippen LogP contribution in [0, 0.1) is 17.7 Å². The number of nitrogens with one attached hydrogen (secondary N) is 1. The Bertz CT molecular complexity index is 1030. The number of amides is 2. The van der Waals surface area contributed by atoms with E-state index in [1.165, 1.54) is 12.1 Å². The largest absolute Gasteiger partial charge is 0.464 e. The van der Waals surface area contributed by atoms with Crippen LogP contribution in [-0.4, -0.2) is 54.1 Å². The van der Waals surface area contributed by atoms with Gasteiger partial charge in [0.2, 0.25) is 11.8 Å². The smallest absolute Gasteiger partial charge is 0.309 e. The van der Waals surface area contributed by atoms with E-state index in [-0.39, 0.29) is 56.3 Å². The van der Waals surface area contributed by atoms with Crippen molar-refractivity contribution in [2.45, 2.75) is 32.2 Å². The molecule has 2 aromatic carbocycles. The predicted octanol–water partition coefficient (Wildman–Crippen LogP) is 3.02. The van der Waals surface area contributed by atoms with E-state index in [0.717, 1.165) is 11.1 Å². The molecule has 0 unspecified atom stereocenters. The van der Waals surface area contributed by atoms with Gasteiger partial charge in [0.25, 0.3) is 0 Å². The zero-order valence-corrected chi connectivity index (χ0v) is 20.3. The van der Waals surface area contributed by atoms with Crippen molar-refractivity contribution in [3.05, 3.63) is 83.7 Å². The van der Waals surface area contributed by atoms with Crippen LogP contribution >= 0.6 is 0 Å². The number of aliphatic hydroxyl groups is 1. The molecule has 0 saturated carbocycles. The highest BCUT2D eigenvalue weighted by Crippen LogP contribution is 2.19. The first kappa shape index (κ1) is 27.1. The van der Waals surface area contributed by atoms with E-state index in [0.29, 0.717) is 25.8 Å². The van der Waals surface area contributed by atoms with Gasteiger partial charge in [-0.2, -0.15) is 0 Å². The average molecular weight is 497 g/mol. The summed E-state index contributed by atoms with van der Waals surface area (Å²) in [6, 6.07) is 15.5. The molecule has 0 aliphatic carbocycles. The van der Waals surface area contributed by atoms with E-state index in [1.54, 1.807) is 17.0 Å². The normalized spacial score (nSPS) is 19.8. The number of cyclic esters (lactones) is 1. The Morgan fingerprint density at radius 3 is 2.39 bits per heavy atom. The van der Waals surface area contributed by atoms with Crippen molar-refractivity contribution < 1.29 is 28.6 Å². The lowest BCUT2D eigenvalue weighted by molar-refractivity contribution is -0.148. The number of hydrogen-bond donors (Lipinski definition) is 2. The average Bonchev–Trinajstić information content (AvgIpc) is 2.88. The van der Waals surface area contributed by atoms with Crippen molar-refractivity contribution in [2.75, 3.05) is 26.3 Å². The van der Waals surface area contributed by atoms with E-state index in [9.17, 15) is 23.9 Å². The standard InChI is InChI=1S/C28H33FN2O5/c29-25-12-10-21(11-13-25)18-24-9-5-4-8-23(27(34)30-14-17-36-28(24)35)19-26(33)31(15-16-32)20-22-6-2-1-3-7-22/h1-7,10-13,23-24,32H,8-9,14-20H2,(H,30,34)/b5-4-/t23-,24-/m0/s1. The molecule has 2 atom stereocenters. The molecule has 1 heterocycles. The van der Waals surface area contributed by atoms with Gasteiger partial charge in [-0.3, -0.25) is 14.4 Å². The van der Waals surface area contributed by atoms with Gasteiger partial charge in [-0.15, -0.1) is 0 Å². The SMILES string of the molecule is O=C1NCCOC(=O)[C@H](Cc2ccc(F)cc2)C/C=C\C[C@H]1CC(=O)N(CCO)Cc1ccccc1. The number of ether oxygens (including phenoxy) is 1. The Hall–Kier alpha value is -3.52. The number of halogens is 1. The minimum atomic E-state index is -0.587. The second-order valence-electron chi connectivity index (χ2n) is 8.85. The highest BCUT2D eigenvalue weighted by Gasteiger charge is 2.25. The summed E-state index contributed by atoms with van der Waals surface area (Å²) in [5.74, 6) is -2.22.